The van der Waals surface area contributed by atoms with Crippen molar-refractivity contribution < 1.29 is 28.4 Å². The van der Waals surface area contributed by atoms with Crippen molar-refractivity contribution in [1.29, 1.82) is 0 Å². The summed E-state index contributed by atoms with van der Waals surface area (Å²) in [6.45, 7) is 13.6. The largest absolute Gasteiger partial charge is 0.475 e. The van der Waals surface area contributed by atoms with Crippen molar-refractivity contribution in [2.75, 3.05) is 26.2 Å². The lowest BCUT2D eigenvalue weighted by atomic mass is 9.91. The Kier molecular flexibility index (Phi) is 10.8. The molecule has 48 heavy (non-hydrogen) atoms. The van der Waals surface area contributed by atoms with Gasteiger partial charge >= 0.3 is 6.09 Å². The molecule has 5 rings (SSSR count). The third kappa shape index (κ3) is 8.38. The number of ether oxygens (including phenoxy) is 2. The molecule has 12 nitrogen and oxygen atoms in total. The molecule has 0 spiro atoms. The van der Waals surface area contributed by atoms with Crippen LogP contribution in [0.1, 0.15) is 90.5 Å². The normalized spacial score (nSPS) is 18.5. The average Bonchev–Trinajstić information content (AvgIpc) is 3.81. The van der Waals surface area contributed by atoms with Gasteiger partial charge in [0.05, 0.1) is 18.3 Å². The van der Waals surface area contributed by atoms with E-state index in [-0.39, 0.29) is 35.8 Å². The molecule has 0 saturated carbocycles. The predicted octanol–water partition coefficient (Wildman–Crippen LogP) is 5.71. The van der Waals surface area contributed by atoms with Gasteiger partial charge in [-0.3, -0.25) is 14.3 Å². The fourth-order valence-corrected chi connectivity index (χ4v) is 6.51. The van der Waals surface area contributed by atoms with Crippen LogP contribution >= 0.6 is 0 Å². The molecule has 3 aromatic rings. The fraction of sp³-hybridized carbons (Fsp3) is 0.583. The first kappa shape index (κ1) is 35.0. The van der Waals surface area contributed by atoms with Crippen LogP contribution < -0.4 is 10.1 Å². The van der Waals surface area contributed by atoms with Crippen molar-refractivity contribution in [2.45, 2.75) is 90.8 Å². The maximum atomic E-state index is 14.0. The molecule has 2 fully saturated rings. The number of aryl methyl sites for hydroxylation is 1. The van der Waals surface area contributed by atoms with E-state index in [2.05, 4.69) is 15.6 Å². The van der Waals surface area contributed by atoms with Crippen molar-refractivity contribution in [3.63, 3.8) is 0 Å². The number of hydrogen-bond donors (Lipinski definition) is 1. The highest BCUT2D eigenvalue weighted by atomic mass is 16.6. The summed E-state index contributed by atoms with van der Waals surface area (Å²) in [6, 6.07) is 10.9. The second-order valence-corrected chi connectivity index (χ2v) is 14.4. The van der Waals surface area contributed by atoms with E-state index in [0.29, 0.717) is 44.3 Å². The van der Waals surface area contributed by atoms with Crippen LogP contribution in [0.3, 0.4) is 0 Å². The minimum Gasteiger partial charge on any atom is -0.475 e. The first-order valence-electron chi connectivity index (χ1n) is 17.1. The molecular weight excluding hydrogens is 612 g/mol. The van der Waals surface area contributed by atoms with Gasteiger partial charge in [0.2, 0.25) is 11.8 Å². The van der Waals surface area contributed by atoms with Crippen LogP contribution in [0, 0.1) is 11.8 Å². The minimum atomic E-state index is -0.600. The lowest BCUT2D eigenvalue weighted by molar-refractivity contribution is -0.141. The maximum Gasteiger partial charge on any atom is 0.410 e. The van der Waals surface area contributed by atoms with Gasteiger partial charge in [-0.2, -0.15) is 5.10 Å². The van der Waals surface area contributed by atoms with Crippen LogP contribution in [0.4, 0.5) is 4.79 Å². The Morgan fingerprint density at radius 3 is 2.35 bits per heavy atom. The Balaban J connectivity index is 1.15. The lowest BCUT2D eigenvalue weighted by Crippen LogP contribution is -2.48. The summed E-state index contributed by atoms with van der Waals surface area (Å²) in [6.07, 6.45) is 4.43. The summed E-state index contributed by atoms with van der Waals surface area (Å²) in [4.78, 5) is 43.3. The van der Waals surface area contributed by atoms with E-state index in [1.807, 2.05) is 83.6 Å². The molecule has 2 aromatic heterocycles. The first-order valence-corrected chi connectivity index (χ1v) is 17.1. The quantitative estimate of drug-likeness (QED) is 0.292. The molecule has 0 bridgehead atoms. The number of likely N-dealkylation sites (tertiary alicyclic amines) is 2. The van der Waals surface area contributed by atoms with Crippen molar-refractivity contribution in [3.8, 4) is 17.1 Å². The van der Waals surface area contributed by atoms with Gasteiger partial charge in [-0.15, -0.1) is 0 Å². The number of carbonyl (C=O) groups is 3. The second-order valence-electron chi connectivity index (χ2n) is 14.4. The van der Waals surface area contributed by atoms with Gasteiger partial charge < -0.3 is 29.1 Å². The summed E-state index contributed by atoms with van der Waals surface area (Å²) < 4.78 is 19.0. The van der Waals surface area contributed by atoms with Gasteiger partial charge in [-0.05, 0) is 87.6 Å². The topological polar surface area (TPSA) is 132 Å². The SMILES string of the molecule is CC(C)C(C(=O)N1CCC[C@H]1C(=O)N[C@@H](C)c1ccc(-c2ccnn2C)cc1)c1cc(OCC2CCN(C(=O)OC(C)(C)C)CC2)no1. The Morgan fingerprint density at radius 1 is 1.02 bits per heavy atom. The number of nitrogens with zero attached hydrogens (tertiary/aromatic N) is 5. The van der Waals surface area contributed by atoms with Gasteiger partial charge in [0.1, 0.15) is 17.6 Å². The van der Waals surface area contributed by atoms with Crippen molar-refractivity contribution >= 4 is 17.9 Å². The van der Waals surface area contributed by atoms with Crippen LogP contribution in [-0.2, 0) is 21.4 Å². The maximum absolute atomic E-state index is 14.0. The van der Waals surface area contributed by atoms with E-state index in [9.17, 15) is 14.4 Å². The molecule has 2 aliphatic heterocycles. The monoisotopic (exact) mass is 662 g/mol. The molecule has 2 saturated heterocycles. The molecule has 1 N–H and O–H groups in total. The number of rotatable bonds is 10. The molecular formula is C36H50N6O6. The second kappa shape index (κ2) is 14.8. The standard InChI is InChI=1S/C36H50N6O6/c1-23(2)32(30-21-31(39-48-30)46-22-25-15-19-41(20-16-25)35(45)47-36(4,5)6)34(44)42-18-8-9-29(42)33(43)38-24(3)26-10-12-27(13-11-26)28-14-17-37-40(28)7/h10-14,17,21,23-25,29,32H,8-9,15-16,18-20,22H2,1-7H3,(H,38,43)/t24-,29-,32?/m0/s1. The third-order valence-electron chi connectivity index (χ3n) is 9.20. The van der Waals surface area contributed by atoms with Gasteiger partial charge in [0, 0.05) is 38.9 Å². The summed E-state index contributed by atoms with van der Waals surface area (Å²) in [7, 11) is 1.90. The van der Waals surface area contributed by atoms with Crippen LogP contribution in [0.2, 0.25) is 0 Å². The zero-order valence-electron chi connectivity index (χ0n) is 29.3. The third-order valence-corrected chi connectivity index (χ3v) is 9.20. The highest BCUT2D eigenvalue weighted by Crippen LogP contribution is 2.33. The Bertz CT molecular complexity index is 1550. The fourth-order valence-electron chi connectivity index (χ4n) is 6.51. The number of carbonyl (C=O) groups excluding carboxylic acids is 3. The zero-order valence-corrected chi connectivity index (χ0v) is 29.3. The summed E-state index contributed by atoms with van der Waals surface area (Å²) in [5.41, 5.74) is 2.52. The number of piperidine rings is 1. The van der Waals surface area contributed by atoms with E-state index < -0.39 is 17.6 Å². The molecule has 0 radical (unpaired) electrons. The molecule has 4 heterocycles. The zero-order chi connectivity index (χ0) is 34.6. The van der Waals surface area contributed by atoms with Crippen LogP contribution in [0.5, 0.6) is 5.88 Å². The van der Waals surface area contributed by atoms with Gasteiger partial charge in [0.25, 0.3) is 5.88 Å². The lowest BCUT2D eigenvalue weighted by Gasteiger charge is -2.33. The molecule has 260 valence electrons. The van der Waals surface area contributed by atoms with Crippen molar-refractivity contribution in [1.82, 2.24) is 30.1 Å². The van der Waals surface area contributed by atoms with E-state index in [0.717, 1.165) is 36.1 Å². The van der Waals surface area contributed by atoms with Crippen LogP contribution in [-0.4, -0.2) is 80.5 Å². The molecule has 1 aromatic carbocycles. The van der Waals surface area contributed by atoms with E-state index >= 15 is 0 Å². The highest BCUT2D eigenvalue weighted by molar-refractivity contribution is 5.91. The molecule has 3 amide bonds. The smallest absolute Gasteiger partial charge is 0.410 e. The number of benzene rings is 1. The van der Waals surface area contributed by atoms with Gasteiger partial charge in [-0.1, -0.05) is 38.1 Å². The molecule has 1 unspecified atom stereocenters. The van der Waals surface area contributed by atoms with Crippen molar-refractivity contribution in [3.05, 3.63) is 53.9 Å². The van der Waals surface area contributed by atoms with Crippen LogP contribution in [0.25, 0.3) is 11.3 Å². The number of hydrogen-bond acceptors (Lipinski definition) is 8. The number of nitrogens with one attached hydrogen (secondary N) is 1. The van der Waals surface area contributed by atoms with Crippen LogP contribution in [0.15, 0.2) is 47.1 Å². The summed E-state index contributed by atoms with van der Waals surface area (Å²) in [5.74, 6) is 0.0269. The Hall–Kier alpha value is -4.35. The molecule has 0 aliphatic carbocycles. The molecule has 3 atom stereocenters. The van der Waals surface area contributed by atoms with Gasteiger partial charge in [-0.25, -0.2) is 4.79 Å². The Labute approximate surface area is 283 Å². The van der Waals surface area contributed by atoms with E-state index in [4.69, 9.17) is 14.0 Å². The molecule has 2 aliphatic rings. The predicted molar refractivity (Wildman–Crippen MR) is 180 cm³/mol. The molecule has 12 heteroatoms. The summed E-state index contributed by atoms with van der Waals surface area (Å²) >= 11 is 0. The van der Waals surface area contributed by atoms with E-state index in [1.54, 1.807) is 22.1 Å². The van der Waals surface area contributed by atoms with E-state index in [1.165, 1.54) is 0 Å². The summed E-state index contributed by atoms with van der Waals surface area (Å²) in [5, 5.41) is 11.5. The van der Waals surface area contributed by atoms with Crippen molar-refractivity contribution in [2.24, 2.45) is 18.9 Å². The average molecular weight is 663 g/mol. The van der Waals surface area contributed by atoms with Gasteiger partial charge in [0.15, 0.2) is 5.76 Å². The highest BCUT2D eigenvalue weighted by Gasteiger charge is 2.40. The number of amides is 3. The first-order chi connectivity index (χ1) is 22.8. The Morgan fingerprint density at radius 2 is 1.73 bits per heavy atom. The number of aromatic nitrogens is 3. The minimum absolute atomic E-state index is 0.0864.